The number of likely N-dealkylation sites (tertiary alicyclic amines) is 1. The molecule has 0 saturated carbocycles. The zero-order valence-electron chi connectivity index (χ0n) is 20.2. The van der Waals surface area contributed by atoms with E-state index in [0.29, 0.717) is 5.69 Å². The number of aromatic nitrogens is 2. The van der Waals surface area contributed by atoms with E-state index in [1.54, 1.807) is 0 Å². The van der Waals surface area contributed by atoms with Crippen LogP contribution >= 0.6 is 11.3 Å². The van der Waals surface area contributed by atoms with Crippen LogP contribution in [0.15, 0.2) is 41.8 Å². The number of likely N-dealkylation sites (N-methyl/N-ethyl adjacent to an activating group) is 1. The third-order valence-electron chi connectivity index (χ3n) is 8.21. The summed E-state index contributed by atoms with van der Waals surface area (Å²) in [4.78, 5) is 22.6. The molecule has 1 aliphatic carbocycles. The molecule has 3 aromatic rings. The number of benzene rings is 1. The zero-order chi connectivity index (χ0) is 23.3. The summed E-state index contributed by atoms with van der Waals surface area (Å²) in [5.74, 6) is 0.109. The summed E-state index contributed by atoms with van der Waals surface area (Å²) in [6, 6.07) is 12.5. The van der Waals surface area contributed by atoms with Crippen molar-refractivity contribution in [1.29, 1.82) is 0 Å². The van der Waals surface area contributed by atoms with Gasteiger partial charge in [0.1, 0.15) is 0 Å². The maximum Gasteiger partial charge on any atom is 0.274 e. The fourth-order valence-corrected chi connectivity index (χ4v) is 6.94. The smallest absolute Gasteiger partial charge is 0.274 e. The first-order chi connectivity index (χ1) is 16.6. The minimum absolute atomic E-state index is 0.0707. The highest BCUT2D eigenvalue weighted by molar-refractivity contribution is 7.10. The van der Waals surface area contributed by atoms with Gasteiger partial charge in [-0.1, -0.05) is 18.2 Å². The quantitative estimate of drug-likeness (QED) is 0.563. The molecule has 34 heavy (non-hydrogen) atoms. The highest BCUT2D eigenvalue weighted by Gasteiger charge is 2.42. The number of para-hydroxylation sites is 1. The number of fused-ring (bicyclic) bond motifs is 3. The van der Waals surface area contributed by atoms with Crippen molar-refractivity contribution in [2.75, 3.05) is 46.8 Å². The monoisotopic (exact) mass is 475 g/mol. The Morgan fingerprint density at radius 1 is 1.00 bits per heavy atom. The molecule has 2 aromatic heterocycles. The lowest BCUT2D eigenvalue weighted by atomic mass is 9.85. The predicted molar refractivity (Wildman–Crippen MR) is 137 cm³/mol. The minimum atomic E-state index is 0.0707. The van der Waals surface area contributed by atoms with Gasteiger partial charge in [-0.3, -0.25) is 9.69 Å². The number of carbonyl (C=O) groups is 1. The first kappa shape index (κ1) is 22.0. The second-order valence-electron chi connectivity index (χ2n) is 10.2. The van der Waals surface area contributed by atoms with Gasteiger partial charge in [0.05, 0.1) is 11.4 Å². The van der Waals surface area contributed by atoms with Gasteiger partial charge < -0.3 is 9.80 Å². The molecule has 4 heterocycles. The zero-order valence-corrected chi connectivity index (χ0v) is 21.0. The van der Waals surface area contributed by atoms with Crippen molar-refractivity contribution < 1.29 is 4.79 Å². The highest BCUT2D eigenvalue weighted by atomic mass is 32.1. The molecule has 2 fully saturated rings. The summed E-state index contributed by atoms with van der Waals surface area (Å²) < 4.78 is 2.02. The van der Waals surface area contributed by atoms with E-state index < -0.39 is 0 Å². The summed E-state index contributed by atoms with van der Waals surface area (Å²) in [5.41, 5.74) is 5.21. The fourth-order valence-electron chi connectivity index (χ4n) is 6.06. The van der Waals surface area contributed by atoms with E-state index in [1.165, 1.54) is 10.4 Å². The van der Waals surface area contributed by atoms with Crippen LogP contribution in [0.4, 0.5) is 0 Å². The Morgan fingerprint density at radius 3 is 2.59 bits per heavy atom. The van der Waals surface area contributed by atoms with Gasteiger partial charge >= 0.3 is 0 Å². The van der Waals surface area contributed by atoms with E-state index in [1.807, 2.05) is 34.2 Å². The summed E-state index contributed by atoms with van der Waals surface area (Å²) in [7, 11) is 4.46. The number of nitrogens with zero attached hydrogens (tertiary/aromatic N) is 5. The van der Waals surface area contributed by atoms with Crippen LogP contribution in [0.3, 0.4) is 0 Å². The average Bonchev–Trinajstić information content (AvgIpc) is 3.45. The maximum atomic E-state index is 14.1. The van der Waals surface area contributed by atoms with Crippen LogP contribution < -0.4 is 0 Å². The van der Waals surface area contributed by atoms with Crippen LogP contribution in [0, 0.1) is 0 Å². The average molecular weight is 476 g/mol. The molecule has 1 aromatic carbocycles. The van der Waals surface area contributed by atoms with Crippen molar-refractivity contribution in [3.8, 4) is 16.9 Å². The van der Waals surface area contributed by atoms with Crippen LogP contribution in [-0.4, -0.2) is 82.7 Å². The van der Waals surface area contributed by atoms with E-state index in [0.717, 1.165) is 81.8 Å². The molecule has 0 bridgehead atoms. The van der Waals surface area contributed by atoms with E-state index in [4.69, 9.17) is 5.10 Å². The van der Waals surface area contributed by atoms with E-state index in [9.17, 15) is 4.79 Å². The van der Waals surface area contributed by atoms with Crippen LogP contribution in [0.5, 0.6) is 0 Å². The third-order valence-corrected chi connectivity index (χ3v) is 9.19. The molecule has 1 amide bonds. The van der Waals surface area contributed by atoms with Crippen LogP contribution in [0.2, 0.25) is 0 Å². The lowest BCUT2D eigenvalue weighted by molar-refractivity contribution is 0.0314. The number of piperidine rings is 1. The molecule has 1 spiro atoms. The lowest BCUT2D eigenvalue weighted by Crippen LogP contribution is -2.58. The number of aryl methyl sites for hydroxylation is 1. The summed E-state index contributed by atoms with van der Waals surface area (Å²) in [5, 5.41) is 7.18. The molecule has 0 atom stereocenters. The van der Waals surface area contributed by atoms with E-state index in [2.05, 4.69) is 52.4 Å². The Hall–Kier alpha value is -2.48. The standard InChI is InChI=1S/C27H33N5OS/c1-29-16-12-27(13-17-29)19-31(15-6-14-30(27)2)26(33)24-22-9-10-23-21(11-18-34-23)25(22)32(28-24)20-7-4-3-5-8-20/h3-5,7-8,11,18H,6,9-10,12-17,19H2,1-2H3. The molecule has 178 valence electrons. The van der Waals surface area contributed by atoms with Crippen molar-refractivity contribution in [2.45, 2.75) is 37.6 Å². The molecular weight excluding hydrogens is 442 g/mol. The second kappa shape index (κ2) is 8.63. The van der Waals surface area contributed by atoms with Crippen LogP contribution in [-0.2, 0) is 12.8 Å². The molecule has 0 N–H and O–H groups in total. The number of carbonyl (C=O) groups excluding carboxylic acids is 1. The Bertz CT molecular complexity index is 1190. The van der Waals surface area contributed by atoms with Gasteiger partial charge in [-0.15, -0.1) is 11.3 Å². The Balaban J connectivity index is 1.40. The molecule has 6 rings (SSSR count). The summed E-state index contributed by atoms with van der Waals surface area (Å²) in [6.07, 6.45) is 5.09. The second-order valence-corrected chi connectivity index (χ2v) is 11.2. The SMILES string of the molecule is CN1CCC2(CC1)CN(C(=O)c1nn(-c3ccccc3)c3c1CCc1sccc1-3)CCCN2C. The van der Waals surface area contributed by atoms with Gasteiger partial charge in [0.15, 0.2) is 5.69 Å². The molecule has 7 heteroatoms. The molecule has 2 saturated heterocycles. The number of amides is 1. The van der Waals surface area contributed by atoms with Gasteiger partial charge in [0, 0.05) is 41.2 Å². The van der Waals surface area contributed by atoms with Crippen LogP contribution in [0.1, 0.15) is 40.2 Å². The summed E-state index contributed by atoms with van der Waals surface area (Å²) in [6.45, 7) is 4.82. The number of rotatable bonds is 2. The highest BCUT2D eigenvalue weighted by Crippen LogP contribution is 2.40. The normalized spacial score (nSPS) is 20.7. The van der Waals surface area contributed by atoms with Gasteiger partial charge in [-0.05, 0) is 82.9 Å². The molecule has 0 unspecified atom stereocenters. The molecule has 3 aliphatic rings. The summed E-state index contributed by atoms with van der Waals surface area (Å²) >= 11 is 1.81. The topological polar surface area (TPSA) is 44.6 Å². The van der Waals surface area contributed by atoms with E-state index >= 15 is 0 Å². The maximum absolute atomic E-state index is 14.1. The number of hydrogen-bond donors (Lipinski definition) is 0. The number of hydrogen-bond acceptors (Lipinski definition) is 5. The number of thiophene rings is 1. The Labute approximate surface area is 205 Å². The molecule has 2 aliphatic heterocycles. The van der Waals surface area contributed by atoms with Crippen molar-refractivity contribution in [2.24, 2.45) is 0 Å². The largest absolute Gasteiger partial charge is 0.335 e. The third kappa shape index (κ3) is 3.61. The van der Waals surface area contributed by atoms with Crippen molar-refractivity contribution >= 4 is 17.2 Å². The Morgan fingerprint density at radius 2 is 1.79 bits per heavy atom. The molecular formula is C27H33N5OS. The van der Waals surface area contributed by atoms with Gasteiger partial charge in [0.2, 0.25) is 0 Å². The van der Waals surface area contributed by atoms with Gasteiger partial charge in [-0.25, -0.2) is 4.68 Å². The van der Waals surface area contributed by atoms with Crippen molar-refractivity contribution in [3.05, 3.63) is 57.9 Å². The molecule has 0 radical (unpaired) electrons. The Kier molecular flexibility index (Phi) is 5.59. The first-order valence-corrected chi connectivity index (χ1v) is 13.4. The van der Waals surface area contributed by atoms with Crippen LogP contribution in [0.25, 0.3) is 16.9 Å². The molecule has 6 nitrogen and oxygen atoms in total. The first-order valence-electron chi connectivity index (χ1n) is 12.5. The fraction of sp³-hybridized carbons (Fsp3) is 0.481. The minimum Gasteiger partial charge on any atom is -0.335 e. The van der Waals surface area contributed by atoms with E-state index in [-0.39, 0.29) is 11.4 Å². The lowest BCUT2D eigenvalue weighted by Gasteiger charge is -2.47. The van der Waals surface area contributed by atoms with Gasteiger partial charge in [-0.2, -0.15) is 5.10 Å². The van der Waals surface area contributed by atoms with Crippen molar-refractivity contribution in [3.63, 3.8) is 0 Å². The predicted octanol–water partition coefficient (Wildman–Crippen LogP) is 3.94. The van der Waals surface area contributed by atoms with Gasteiger partial charge in [0.25, 0.3) is 5.91 Å². The van der Waals surface area contributed by atoms with Crippen molar-refractivity contribution in [1.82, 2.24) is 24.5 Å².